The molecule has 37 heavy (non-hydrogen) atoms. The first-order valence-electron chi connectivity index (χ1n) is 12.6. The van der Waals surface area contributed by atoms with Crippen LogP contribution in [0.4, 0.5) is 0 Å². The molecule has 0 saturated heterocycles. The van der Waals surface area contributed by atoms with Crippen molar-refractivity contribution in [3.05, 3.63) is 82.2 Å². The van der Waals surface area contributed by atoms with Gasteiger partial charge in [-0.25, -0.2) is 9.78 Å². The molecule has 0 aliphatic heterocycles. The Labute approximate surface area is 213 Å². The molecule has 0 atom stereocenters. The Morgan fingerprint density at radius 3 is 2.57 bits per heavy atom. The Kier molecular flexibility index (Phi) is 7.11. The van der Waals surface area contributed by atoms with E-state index in [0.717, 1.165) is 32.1 Å². The molecule has 1 aliphatic rings. The minimum absolute atomic E-state index is 0.0581. The third-order valence-corrected chi connectivity index (χ3v) is 6.51. The van der Waals surface area contributed by atoms with Gasteiger partial charge in [0.2, 0.25) is 0 Å². The number of benzene rings is 1. The molecule has 1 aromatic carbocycles. The number of aromatic nitrogens is 3. The third kappa shape index (κ3) is 5.02. The van der Waals surface area contributed by atoms with E-state index < -0.39 is 11.9 Å². The average Bonchev–Trinajstić information content (AvgIpc) is 2.93. The highest BCUT2D eigenvalue weighted by molar-refractivity contribution is 5.94. The highest BCUT2D eigenvalue weighted by atomic mass is 16.5. The highest BCUT2D eigenvalue weighted by Gasteiger charge is 2.25. The number of amides is 1. The van der Waals surface area contributed by atoms with Crippen molar-refractivity contribution >= 4 is 28.6 Å². The first-order chi connectivity index (χ1) is 18.1. The zero-order chi connectivity index (χ0) is 25.8. The van der Waals surface area contributed by atoms with E-state index in [4.69, 9.17) is 14.5 Å². The van der Waals surface area contributed by atoms with Gasteiger partial charge < -0.3 is 14.0 Å². The summed E-state index contributed by atoms with van der Waals surface area (Å²) in [5, 5.41) is 0.268. The Bertz CT molecular complexity index is 1580. The van der Waals surface area contributed by atoms with E-state index in [9.17, 15) is 14.4 Å². The number of fused-ring (bicyclic) bond motifs is 2. The first-order valence-corrected chi connectivity index (χ1v) is 12.6. The van der Waals surface area contributed by atoms with Gasteiger partial charge in [0, 0.05) is 12.2 Å². The van der Waals surface area contributed by atoms with Crippen LogP contribution in [0.3, 0.4) is 0 Å². The molecule has 0 radical (unpaired) electrons. The summed E-state index contributed by atoms with van der Waals surface area (Å²) >= 11 is 0. The minimum atomic E-state index is -0.651. The summed E-state index contributed by atoms with van der Waals surface area (Å²) in [5.41, 5.74) is 0.764. The van der Waals surface area contributed by atoms with Gasteiger partial charge in [-0.15, -0.1) is 0 Å². The van der Waals surface area contributed by atoms with Crippen LogP contribution in [0.5, 0.6) is 5.75 Å². The van der Waals surface area contributed by atoms with Crippen molar-refractivity contribution in [2.45, 2.75) is 45.1 Å². The summed E-state index contributed by atoms with van der Waals surface area (Å²) < 4.78 is 14.2. The number of nitrogens with zero attached hydrogens (tertiary/aromatic N) is 4. The van der Waals surface area contributed by atoms with Gasteiger partial charge in [-0.3, -0.25) is 14.0 Å². The van der Waals surface area contributed by atoms with Crippen LogP contribution >= 0.6 is 0 Å². The Morgan fingerprint density at radius 1 is 1.05 bits per heavy atom. The number of carbonyl (C=O) groups is 2. The lowest BCUT2D eigenvalue weighted by molar-refractivity contribution is -0.120. The van der Waals surface area contributed by atoms with Gasteiger partial charge in [0.25, 0.3) is 11.5 Å². The summed E-state index contributed by atoms with van der Waals surface area (Å²) in [6.45, 7) is 1.54. The Hall–Kier alpha value is -4.27. The second kappa shape index (κ2) is 10.8. The Balaban J connectivity index is 1.76. The highest BCUT2D eigenvalue weighted by Crippen LogP contribution is 2.29. The van der Waals surface area contributed by atoms with Crippen molar-refractivity contribution in [2.75, 3.05) is 13.2 Å². The van der Waals surface area contributed by atoms with E-state index in [1.807, 2.05) is 18.2 Å². The molecule has 9 nitrogen and oxygen atoms in total. The largest absolute Gasteiger partial charge is 0.484 e. The Morgan fingerprint density at radius 2 is 1.81 bits per heavy atom. The minimum Gasteiger partial charge on any atom is -0.484 e. The van der Waals surface area contributed by atoms with Crippen LogP contribution in [-0.4, -0.2) is 39.0 Å². The second-order valence-electron chi connectivity index (χ2n) is 8.95. The zero-order valence-corrected chi connectivity index (χ0v) is 20.6. The fourth-order valence-corrected chi connectivity index (χ4v) is 4.81. The molecule has 3 heterocycles. The molecule has 5 rings (SSSR count). The number of rotatable bonds is 6. The third-order valence-electron chi connectivity index (χ3n) is 6.51. The summed E-state index contributed by atoms with van der Waals surface area (Å²) in [5.74, 6) is -0.672. The van der Waals surface area contributed by atoms with Gasteiger partial charge in [-0.05, 0) is 50.1 Å². The molecule has 1 amide bonds. The predicted molar refractivity (Wildman–Crippen MR) is 138 cm³/mol. The smallest absolute Gasteiger partial charge is 0.341 e. The molecule has 0 N–H and O–H groups in total. The lowest BCUT2D eigenvalue weighted by atomic mass is 9.94. The number of hydrogen-bond acceptors (Lipinski definition) is 6. The zero-order valence-electron chi connectivity index (χ0n) is 20.6. The summed E-state index contributed by atoms with van der Waals surface area (Å²) in [4.78, 5) is 48.8. The van der Waals surface area contributed by atoms with Crippen molar-refractivity contribution in [3.63, 3.8) is 0 Å². The number of esters is 1. The van der Waals surface area contributed by atoms with Gasteiger partial charge in [-0.1, -0.05) is 43.5 Å². The maximum absolute atomic E-state index is 13.5. The van der Waals surface area contributed by atoms with Crippen molar-refractivity contribution in [3.8, 4) is 5.75 Å². The van der Waals surface area contributed by atoms with Crippen LogP contribution in [0.15, 0.2) is 70.6 Å². The van der Waals surface area contributed by atoms with Crippen molar-refractivity contribution in [1.29, 1.82) is 0 Å². The van der Waals surface area contributed by atoms with E-state index >= 15 is 0 Å². The predicted octanol–water partition coefficient (Wildman–Crippen LogP) is 3.84. The molecule has 0 spiro atoms. The maximum atomic E-state index is 13.5. The lowest BCUT2D eigenvalue weighted by Crippen LogP contribution is -2.36. The topological polar surface area (TPSA) is 104 Å². The number of ether oxygens (including phenoxy) is 2. The van der Waals surface area contributed by atoms with Crippen LogP contribution in [0.1, 0.15) is 55.4 Å². The summed E-state index contributed by atoms with van der Waals surface area (Å²) in [6.07, 6.45) is 6.35. The average molecular weight is 501 g/mol. The molecule has 190 valence electrons. The van der Waals surface area contributed by atoms with Gasteiger partial charge >= 0.3 is 5.97 Å². The van der Waals surface area contributed by atoms with Crippen molar-refractivity contribution in [2.24, 2.45) is 4.99 Å². The van der Waals surface area contributed by atoms with Crippen LogP contribution < -0.4 is 15.8 Å². The van der Waals surface area contributed by atoms with Gasteiger partial charge in [0.15, 0.2) is 12.1 Å². The number of pyridine rings is 2. The lowest BCUT2D eigenvalue weighted by Gasteiger charge is -2.27. The van der Waals surface area contributed by atoms with Crippen molar-refractivity contribution in [1.82, 2.24) is 14.0 Å². The normalized spacial score (nSPS) is 14.7. The van der Waals surface area contributed by atoms with Gasteiger partial charge in [0.1, 0.15) is 22.6 Å². The standard InChI is InChI=1S/C28H28N4O5/c1-2-36-28(35)22-17-21-25(29-23-15-9-10-16-31(23)27(21)34)32(19-11-5-3-6-12-19)26(22)30-24(33)18-37-20-13-7-4-8-14-20/h4,7-10,13-17,19H,2-3,5-6,11-12,18H2,1H3. The van der Waals surface area contributed by atoms with Crippen LogP contribution in [0.25, 0.3) is 16.7 Å². The van der Waals surface area contributed by atoms with Crippen molar-refractivity contribution < 1.29 is 19.1 Å². The van der Waals surface area contributed by atoms with Gasteiger partial charge in [0.05, 0.1) is 12.0 Å². The molecule has 4 aromatic rings. The van der Waals surface area contributed by atoms with Crippen LogP contribution in [-0.2, 0) is 9.53 Å². The van der Waals surface area contributed by atoms with E-state index in [0.29, 0.717) is 17.0 Å². The molecule has 3 aromatic heterocycles. The molecular weight excluding hydrogens is 472 g/mol. The van der Waals surface area contributed by atoms with E-state index in [1.165, 1.54) is 10.5 Å². The van der Waals surface area contributed by atoms with E-state index in [1.54, 1.807) is 48.0 Å². The molecule has 1 saturated carbocycles. The van der Waals surface area contributed by atoms with Crippen LogP contribution in [0, 0.1) is 0 Å². The maximum Gasteiger partial charge on any atom is 0.341 e. The van der Waals surface area contributed by atoms with Gasteiger partial charge in [-0.2, -0.15) is 4.99 Å². The fourth-order valence-electron chi connectivity index (χ4n) is 4.81. The molecule has 1 aliphatic carbocycles. The fraction of sp³-hybridized carbons (Fsp3) is 0.321. The SMILES string of the molecule is CCOC(=O)c1cc2c(=O)n3ccccc3nc2n(C2CCCCC2)c1=NC(=O)COc1ccccc1. The second-order valence-corrected chi connectivity index (χ2v) is 8.95. The number of carbonyl (C=O) groups excluding carboxylic acids is 2. The number of para-hydroxylation sites is 1. The molecule has 1 fully saturated rings. The van der Waals surface area contributed by atoms with E-state index in [-0.39, 0.29) is 41.3 Å². The monoisotopic (exact) mass is 500 g/mol. The number of hydrogen-bond donors (Lipinski definition) is 0. The molecule has 0 bridgehead atoms. The quantitative estimate of drug-likeness (QED) is 0.294. The molecule has 9 heteroatoms. The summed E-state index contributed by atoms with van der Waals surface area (Å²) in [6, 6.07) is 15.6. The molecule has 0 unspecified atom stereocenters. The summed E-state index contributed by atoms with van der Waals surface area (Å²) in [7, 11) is 0. The molecular formula is C28H28N4O5. The van der Waals surface area contributed by atoms with Crippen LogP contribution in [0.2, 0.25) is 0 Å². The van der Waals surface area contributed by atoms with E-state index in [2.05, 4.69) is 4.99 Å². The first kappa shape index (κ1) is 24.4.